The van der Waals surface area contributed by atoms with Gasteiger partial charge in [-0.2, -0.15) is 5.26 Å². The molecular formula is C30H36BrN3O3. The number of likely N-dealkylation sites (tertiary alicyclic amines) is 1. The summed E-state index contributed by atoms with van der Waals surface area (Å²) in [5.41, 5.74) is 1.93. The number of benzene rings is 2. The van der Waals surface area contributed by atoms with Gasteiger partial charge in [0.25, 0.3) is 0 Å². The van der Waals surface area contributed by atoms with Gasteiger partial charge in [0.2, 0.25) is 5.91 Å². The van der Waals surface area contributed by atoms with Crippen LogP contribution in [0.2, 0.25) is 0 Å². The highest BCUT2D eigenvalue weighted by Crippen LogP contribution is 2.49. The first-order chi connectivity index (χ1) is 17.6. The van der Waals surface area contributed by atoms with E-state index >= 15 is 0 Å². The smallest absolute Gasteiger partial charge is 0.326 e. The molecule has 1 amide bonds. The predicted molar refractivity (Wildman–Crippen MR) is 146 cm³/mol. The Hall–Kier alpha value is -2.69. The van der Waals surface area contributed by atoms with Gasteiger partial charge in [-0.25, -0.2) is 4.79 Å². The zero-order chi connectivity index (χ0) is 26.7. The normalized spacial score (nSPS) is 24.6. The zero-order valence-corrected chi connectivity index (χ0v) is 23.4. The van der Waals surface area contributed by atoms with E-state index in [1.807, 2.05) is 42.5 Å². The standard InChI is InChI=1S/C30H36BrN3O3/c1-30(2,3)24-25(33-18-22-16-23(31)15-14-21(22)17-32)26(19-10-6-4-7-11-19)34(27(24)29(36)37)28(35)20-12-8-5-9-13-20/h4,6-7,10-11,14-16,20,24-27,33H,5,8-9,12-13,18H2,1-3H3,(H,36,37). The fraction of sp³-hybridized carbons (Fsp3) is 0.500. The molecule has 196 valence electrons. The second kappa shape index (κ2) is 11.4. The summed E-state index contributed by atoms with van der Waals surface area (Å²) in [6, 6.07) is 15.9. The molecule has 2 aliphatic rings. The Morgan fingerprint density at radius 1 is 1.11 bits per heavy atom. The lowest BCUT2D eigenvalue weighted by Crippen LogP contribution is -2.49. The van der Waals surface area contributed by atoms with E-state index in [0.29, 0.717) is 12.1 Å². The van der Waals surface area contributed by atoms with Crippen LogP contribution < -0.4 is 5.32 Å². The molecular weight excluding hydrogens is 530 g/mol. The largest absolute Gasteiger partial charge is 0.480 e. The first-order valence-electron chi connectivity index (χ1n) is 13.2. The van der Waals surface area contributed by atoms with Crippen LogP contribution in [-0.4, -0.2) is 34.0 Å². The third-order valence-corrected chi connectivity index (χ3v) is 8.48. The zero-order valence-electron chi connectivity index (χ0n) is 21.8. The van der Waals surface area contributed by atoms with Gasteiger partial charge in [0.15, 0.2) is 0 Å². The summed E-state index contributed by atoms with van der Waals surface area (Å²) in [6.45, 7) is 6.55. The van der Waals surface area contributed by atoms with E-state index in [9.17, 15) is 20.0 Å². The van der Waals surface area contributed by atoms with Crippen molar-refractivity contribution in [1.29, 1.82) is 5.26 Å². The number of nitrogens with zero attached hydrogens (tertiary/aromatic N) is 2. The number of nitrogens with one attached hydrogen (secondary N) is 1. The first-order valence-corrected chi connectivity index (χ1v) is 13.9. The minimum atomic E-state index is -0.963. The number of rotatable bonds is 6. The molecule has 0 aromatic heterocycles. The van der Waals surface area contributed by atoms with Crippen molar-refractivity contribution in [3.05, 3.63) is 69.7 Å². The molecule has 1 saturated carbocycles. The van der Waals surface area contributed by atoms with Crippen LogP contribution in [0.3, 0.4) is 0 Å². The average molecular weight is 567 g/mol. The van der Waals surface area contributed by atoms with Crippen LogP contribution in [0.15, 0.2) is 53.0 Å². The van der Waals surface area contributed by atoms with Crippen molar-refractivity contribution in [3.63, 3.8) is 0 Å². The molecule has 4 unspecified atom stereocenters. The lowest BCUT2D eigenvalue weighted by molar-refractivity contribution is -0.154. The van der Waals surface area contributed by atoms with Gasteiger partial charge in [-0.05, 0) is 47.6 Å². The van der Waals surface area contributed by atoms with E-state index in [0.717, 1.165) is 47.7 Å². The van der Waals surface area contributed by atoms with Gasteiger partial charge < -0.3 is 15.3 Å². The number of carbonyl (C=O) groups is 2. The average Bonchev–Trinajstić information content (AvgIpc) is 3.24. The number of nitriles is 1. The molecule has 1 heterocycles. The molecule has 7 heteroatoms. The van der Waals surface area contributed by atoms with Crippen LogP contribution >= 0.6 is 15.9 Å². The molecule has 0 bridgehead atoms. The molecule has 6 nitrogen and oxygen atoms in total. The minimum absolute atomic E-state index is 0.0420. The Balaban J connectivity index is 1.81. The van der Waals surface area contributed by atoms with E-state index in [4.69, 9.17) is 0 Å². The summed E-state index contributed by atoms with van der Waals surface area (Å²) in [4.78, 5) is 28.8. The van der Waals surface area contributed by atoms with Crippen molar-refractivity contribution in [2.75, 3.05) is 0 Å². The molecule has 1 aliphatic carbocycles. The number of carboxylic acids is 1. The Morgan fingerprint density at radius 2 is 1.78 bits per heavy atom. The number of aliphatic carboxylic acids is 1. The van der Waals surface area contributed by atoms with Crippen molar-refractivity contribution >= 4 is 27.8 Å². The Bertz CT molecular complexity index is 1160. The van der Waals surface area contributed by atoms with Crippen molar-refractivity contribution < 1.29 is 14.7 Å². The molecule has 2 fully saturated rings. The van der Waals surface area contributed by atoms with Gasteiger partial charge in [0.1, 0.15) is 6.04 Å². The van der Waals surface area contributed by atoms with Gasteiger partial charge in [0.05, 0.1) is 17.7 Å². The van der Waals surface area contributed by atoms with Gasteiger partial charge in [-0.3, -0.25) is 4.79 Å². The number of carbonyl (C=O) groups excluding carboxylic acids is 1. The van der Waals surface area contributed by atoms with E-state index in [1.165, 1.54) is 0 Å². The van der Waals surface area contributed by atoms with Crippen LogP contribution in [-0.2, 0) is 16.1 Å². The summed E-state index contributed by atoms with van der Waals surface area (Å²) in [6.07, 6.45) is 4.75. The fourth-order valence-corrected chi connectivity index (χ4v) is 6.74. The van der Waals surface area contributed by atoms with Gasteiger partial charge >= 0.3 is 5.97 Å². The molecule has 1 saturated heterocycles. The maximum atomic E-state index is 14.1. The third kappa shape index (κ3) is 5.76. The fourth-order valence-electron chi connectivity index (χ4n) is 6.33. The number of hydrogen-bond donors (Lipinski definition) is 2. The molecule has 4 atom stereocenters. The highest BCUT2D eigenvalue weighted by atomic mass is 79.9. The van der Waals surface area contributed by atoms with Crippen molar-refractivity contribution in [1.82, 2.24) is 10.2 Å². The lowest BCUT2D eigenvalue weighted by atomic mass is 9.72. The van der Waals surface area contributed by atoms with Crippen molar-refractivity contribution in [3.8, 4) is 6.07 Å². The minimum Gasteiger partial charge on any atom is -0.480 e. The van der Waals surface area contributed by atoms with Gasteiger partial charge in [-0.1, -0.05) is 86.3 Å². The summed E-state index contributed by atoms with van der Waals surface area (Å²) >= 11 is 3.50. The number of hydrogen-bond acceptors (Lipinski definition) is 4. The van der Waals surface area contributed by atoms with Crippen LogP contribution in [0, 0.1) is 28.6 Å². The Labute approximate surface area is 228 Å². The SMILES string of the molecule is CC(C)(C)C1C(NCc2cc(Br)ccc2C#N)C(c2ccccc2)N(C(=O)C2CCCCC2)C1C(=O)O. The number of halogens is 1. The molecule has 1 aliphatic heterocycles. The number of amides is 1. The lowest BCUT2D eigenvalue weighted by Gasteiger charge is -2.36. The number of carboxylic acid groups (broad SMARTS) is 1. The second-order valence-electron chi connectivity index (χ2n) is 11.4. The predicted octanol–water partition coefficient (Wildman–Crippen LogP) is 6.06. The molecule has 0 spiro atoms. The monoisotopic (exact) mass is 565 g/mol. The van der Waals surface area contributed by atoms with E-state index in [-0.39, 0.29) is 23.8 Å². The van der Waals surface area contributed by atoms with Crippen molar-refractivity contribution in [2.45, 2.75) is 77.5 Å². The molecule has 2 N–H and O–H groups in total. The van der Waals surface area contributed by atoms with Crippen molar-refractivity contribution in [2.24, 2.45) is 17.3 Å². The second-order valence-corrected chi connectivity index (χ2v) is 12.3. The summed E-state index contributed by atoms with van der Waals surface area (Å²) in [5.74, 6) is -1.49. The van der Waals surface area contributed by atoms with Crippen LogP contribution in [0.5, 0.6) is 0 Å². The summed E-state index contributed by atoms with van der Waals surface area (Å²) in [7, 11) is 0. The van der Waals surface area contributed by atoms with Gasteiger partial charge in [0, 0.05) is 28.9 Å². The quantitative estimate of drug-likeness (QED) is 0.444. The maximum absolute atomic E-state index is 14.1. The highest BCUT2D eigenvalue weighted by molar-refractivity contribution is 9.10. The highest BCUT2D eigenvalue weighted by Gasteiger charge is 2.58. The third-order valence-electron chi connectivity index (χ3n) is 7.99. The van der Waals surface area contributed by atoms with E-state index in [2.05, 4.69) is 48.1 Å². The molecule has 0 radical (unpaired) electrons. The Morgan fingerprint density at radius 3 is 2.38 bits per heavy atom. The van der Waals surface area contributed by atoms with Crippen LogP contribution in [0.25, 0.3) is 0 Å². The maximum Gasteiger partial charge on any atom is 0.326 e. The molecule has 2 aromatic carbocycles. The molecule has 37 heavy (non-hydrogen) atoms. The summed E-state index contributed by atoms with van der Waals surface area (Å²) in [5, 5.41) is 23.9. The Kier molecular flexibility index (Phi) is 8.40. The van der Waals surface area contributed by atoms with Gasteiger partial charge in [-0.15, -0.1) is 0 Å². The van der Waals surface area contributed by atoms with Crippen LogP contribution in [0.1, 0.15) is 75.6 Å². The summed E-state index contributed by atoms with van der Waals surface area (Å²) < 4.78 is 0.874. The van der Waals surface area contributed by atoms with E-state index < -0.39 is 23.5 Å². The molecule has 2 aromatic rings. The van der Waals surface area contributed by atoms with E-state index in [1.54, 1.807) is 11.0 Å². The molecule has 4 rings (SSSR count). The van der Waals surface area contributed by atoms with Crippen LogP contribution in [0.4, 0.5) is 0 Å². The first kappa shape index (κ1) is 27.3. The topological polar surface area (TPSA) is 93.4 Å².